The molecule has 0 saturated heterocycles. The number of nitro benzene ring substituents is 1. The molecule has 0 bridgehead atoms. The molecule has 0 unspecified atom stereocenters. The van der Waals surface area contributed by atoms with E-state index in [0.29, 0.717) is 5.75 Å². The quantitative estimate of drug-likeness (QED) is 0.650. The number of hydrogen-bond donors (Lipinski definition) is 1. The number of hydrogen-bond acceptors (Lipinski definition) is 4. The molecular formula is C16H18N2O3. The van der Waals surface area contributed by atoms with Crippen LogP contribution in [0.15, 0.2) is 42.5 Å². The number of nitrogens with one attached hydrogen (secondary N) is 1. The van der Waals surface area contributed by atoms with Gasteiger partial charge >= 0.3 is 5.69 Å². The lowest BCUT2D eigenvalue weighted by Crippen LogP contribution is -2.04. The molecule has 0 saturated carbocycles. The van der Waals surface area contributed by atoms with E-state index in [0.717, 1.165) is 24.1 Å². The Morgan fingerprint density at radius 1 is 1.14 bits per heavy atom. The first-order valence-electron chi connectivity index (χ1n) is 6.82. The van der Waals surface area contributed by atoms with E-state index < -0.39 is 4.92 Å². The number of aryl methyl sites for hydroxylation is 1. The minimum Gasteiger partial charge on any atom is -0.450 e. The second kappa shape index (κ2) is 6.85. The minimum atomic E-state index is -0.413. The zero-order valence-electron chi connectivity index (χ0n) is 12.1. The summed E-state index contributed by atoms with van der Waals surface area (Å²) in [6.45, 7) is 2.73. The molecule has 0 aliphatic carbocycles. The van der Waals surface area contributed by atoms with Crippen molar-refractivity contribution in [1.82, 2.24) is 5.32 Å². The first-order valence-corrected chi connectivity index (χ1v) is 6.82. The molecule has 1 N–H and O–H groups in total. The van der Waals surface area contributed by atoms with Crippen LogP contribution in [-0.2, 0) is 13.0 Å². The third kappa shape index (κ3) is 3.79. The summed E-state index contributed by atoms with van der Waals surface area (Å²) < 4.78 is 5.64. The van der Waals surface area contributed by atoms with Crippen molar-refractivity contribution in [3.63, 3.8) is 0 Å². The fourth-order valence-corrected chi connectivity index (χ4v) is 2.02. The largest absolute Gasteiger partial charge is 0.450 e. The fraction of sp³-hybridized carbons (Fsp3) is 0.250. The van der Waals surface area contributed by atoms with Gasteiger partial charge in [-0.3, -0.25) is 10.1 Å². The highest BCUT2D eigenvalue weighted by atomic mass is 16.6. The molecule has 2 aromatic carbocycles. The molecule has 21 heavy (non-hydrogen) atoms. The van der Waals surface area contributed by atoms with E-state index in [1.807, 2.05) is 44.3 Å². The Kier molecular flexibility index (Phi) is 4.90. The normalized spacial score (nSPS) is 10.4. The van der Waals surface area contributed by atoms with Crippen LogP contribution < -0.4 is 10.1 Å². The van der Waals surface area contributed by atoms with Crippen molar-refractivity contribution < 1.29 is 9.66 Å². The molecule has 5 heteroatoms. The summed E-state index contributed by atoms with van der Waals surface area (Å²) in [4.78, 5) is 10.7. The van der Waals surface area contributed by atoms with Crippen LogP contribution >= 0.6 is 0 Å². The third-order valence-electron chi connectivity index (χ3n) is 3.16. The van der Waals surface area contributed by atoms with E-state index >= 15 is 0 Å². The van der Waals surface area contributed by atoms with E-state index in [9.17, 15) is 10.1 Å². The van der Waals surface area contributed by atoms with Crippen LogP contribution in [0.3, 0.4) is 0 Å². The summed E-state index contributed by atoms with van der Waals surface area (Å²) in [5, 5.41) is 14.2. The lowest BCUT2D eigenvalue weighted by Gasteiger charge is -2.08. The van der Waals surface area contributed by atoms with Crippen LogP contribution in [-0.4, -0.2) is 12.0 Å². The van der Waals surface area contributed by atoms with Gasteiger partial charge in [0.05, 0.1) is 4.92 Å². The molecule has 0 radical (unpaired) electrons. The Morgan fingerprint density at radius 2 is 1.81 bits per heavy atom. The van der Waals surface area contributed by atoms with Gasteiger partial charge in [-0.1, -0.05) is 25.1 Å². The van der Waals surface area contributed by atoms with Gasteiger partial charge in [0, 0.05) is 12.6 Å². The molecule has 0 aliphatic heterocycles. The average Bonchev–Trinajstić information content (AvgIpc) is 2.49. The van der Waals surface area contributed by atoms with Crippen LogP contribution in [0, 0.1) is 10.1 Å². The number of nitro groups is 1. The van der Waals surface area contributed by atoms with Crippen LogP contribution in [0.4, 0.5) is 5.69 Å². The van der Waals surface area contributed by atoms with Gasteiger partial charge in [0.15, 0.2) is 0 Å². The Morgan fingerprint density at radius 3 is 2.38 bits per heavy atom. The number of nitrogens with zero attached hydrogens (tertiary/aromatic N) is 1. The highest BCUT2D eigenvalue weighted by Crippen LogP contribution is 2.32. The summed E-state index contributed by atoms with van der Waals surface area (Å²) >= 11 is 0. The Bertz CT molecular complexity index is 624. The molecule has 0 atom stereocenters. The fourth-order valence-electron chi connectivity index (χ4n) is 2.02. The van der Waals surface area contributed by atoms with Gasteiger partial charge in [-0.2, -0.15) is 0 Å². The van der Waals surface area contributed by atoms with Gasteiger partial charge in [0.25, 0.3) is 0 Å². The van der Waals surface area contributed by atoms with Crippen LogP contribution in [0.5, 0.6) is 11.5 Å². The SMILES string of the molecule is CCc1ccc(Oc2ccc(CNC)cc2)c([N+](=O)[O-])c1. The zero-order chi connectivity index (χ0) is 15.2. The lowest BCUT2D eigenvalue weighted by atomic mass is 10.1. The maximum absolute atomic E-state index is 11.1. The summed E-state index contributed by atoms with van der Waals surface area (Å²) in [5.74, 6) is 0.848. The monoisotopic (exact) mass is 286 g/mol. The molecule has 2 rings (SSSR count). The van der Waals surface area contributed by atoms with Gasteiger partial charge in [-0.15, -0.1) is 0 Å². The molecule has 0 aromatic heterocycles. The number of benzene rings is 2. The molecule has 2 aromatic rings. The predicted octanol–water partition coefficient (Wildman–Crippen LogP) is 3.67. The molecule has 0 fully saturated rings. The highest BCUT2D eigenvalue weighted by molar-refractivity contribution is 5.50. The molecular weight excluding hydrogens is 268 g/mol. The standard InChI is InChI=1S/C16H18N2O3/c1-3-12-6-9-16(15(10-12)18(19)20)21-14-7-4-13(5-8-14)11-17-2/h4-10,17H,3,11H2,1-2H3. The average molecular weight is 286 g/mol. The van der Waals surface area contributed by atoms with Gasteiger partial charge in [-0.05, 0) is 42.8 Å². The first-order chi connectivity index (χ1) is 10.1. The Balaban J connectivity index is 2.24. The highest BCUT2D eigenvalue weighted by Gasteiger charge is 2.16. The molecule has 5 nitrogen and oxygen atoms in total. The maximum atomic E-state index is 11.1. The van der Waals surface area contributed by atoms with E-state index in [1.165, 1.54) is 0 Å². The molecule has 0 amide bonds. The van der Waals surface area contributed by atoms with Crippen molar-refractivity contribution in [2.45, 2.75) is 19.9 Å². The maximum Gasteiger partial charge on any atom is 0.311 e. The van der Waals surface area contributed by atoms with Crippen molar-refractivity contribution in [1.29, 1.82) is 0 Å². The van der Waals surface area contributed by atoms with E-state index in [2.05, 4.69) is 5.32 Å². The van der Waals surface area contributed by atoms with E-state index in [4.69, 9.17) is 4.74 Å². The molecule has 0 aliphatic rings. The number of rotatable bonds is 6. The second-order valence-corrected chi connectivity index (χ2v) is 4.69. The van der Waals surface area contributed by atoms with Crippen molar-refractivity contribution >= 4 is 5.69 Å². The van der Waals surface area contributed by atoms with Crippen LogP contribution in [0.25, 0.3) is 0 Å². The molecule has 0 spiro atoms. The van der Waals surface area contributed by atoms with E-state index in [1.54, 1.807) is 12.1 Å². The third-order valence-corrected chi connectivity index (χ3v) is 3.16. The summed E-state index contributed by atoms with van der Waals surface area (Å²) in [5.41, 5.74) is 2.03. The summed E-state index contributed by atoms with van der Waals surface area (Å²) in [7, 11) is 1.88. The van der Waals surface area contributed by atoms with Gasteiger partial charge in [0.1, 0.15) is 5.75 Å². The topological polar surface area (TPSA) is 64.4 Å². The van der Waals surface area contributed by atoms with Crippen LogP contribution in [0.2, 0.25) is 0 Å². The number of ether oxygens (including phenoxy) is 1. The van der Waals surface area contributed by atoms with Crippen LogP contribution in [0.1, 0.15) is 18.1 Å². The van der Waals surface area contributed by atoms with Gasteiger partial charge in [0.2, 0.25) is 5.75 Å². The predicted molar refractivity (Wildman–Crippen MR) is 81.8 cm³/mol. The molecule has 110 valence electrons. The van der Waals surface area contributed by atoms with Gasteiger partial charge in [-0.25, -0.2) is 0 Å². The lowest BCUT2D eigenvalue weighted by molar-refractivity contribution is -0.385. The molecule has 0 heterocycles. The summed E-state index contributed by atoms with van der Waals surface area (Å²) in [6.07, 6.45) is 0.750. The summed E-state index contributed by atoms with van der Waals surface area (Å²) in [6, 6.07) is 12.5. The Labute approximate surface area is 123 Å². The van der Waals surface area contributed by atoms with Crippen molar-refractivity contribution in [2.24, 2.45) is 0 Å². The van der Waals surface area contributed by atoms with Crippen molar-refractivity contribution in [3.05, 3.63) is 63.7 Å². The van der Waals surface area contributed by atoms with Crippen molar-refractivity contribution in [2.75, 3.05) is 7.05 Å². The Hall–Kier alpha value is -2.40. The smallest absolute Gasteiger partial charge is 0.311 e. The minimum absolute atomic E-state index is 0.00588. The zero-order valence-corrected chi connectivity index (χ0v) is 12.1. The second-order valence-electron chi connectivity index (χ2n) is 4.69. The van der Waals surface area contributed by atoms with Crippen molar-refractivity contribution in [3.8, 4) is 11.5 Å². The van der Waals surface area contributed by atoms with Gasteiger partial charge < -0.3 is 10.1 Å². The first kappa shape index (κ1) is 15.0. The van der Waals surface area contributed by atoms with E-state index in [-0.39, 0.29) is 11.4 Å².